The van der Waals surface area contributed by atoms with Gasteiger partial charge in [-0.05, 0) is 13.3 Å². The van der Waals surface area contributed by atoms with E-state index in [1.165, 1.54) is 0 Å². The molecule has 1 heterocycles. The molecule has 0 aliphatic carbocycles. The van der Waals surface area contributed by atoms with E-state index < -0.39 is 5.79 Å². The Morgan fingerprint density at radius 1 is 1.33 bits per heavy atom. The number of ether oxygens (including phenoxy) is 2. The summed E-state index contributed by atoms with van der Waals surface area (Å²) in [5.41, 5.74) is 1.12. The second-order valence-electron chi connectivity index (χ2n) is 4.04. The van der Waals surface area contributed by atoms with E-state index in [-0.39, 0.29) is 6.10 Å². The number of hydrogen-bond acceptors (Lipinski definition) is 2. The van der Waals surface area contributed by atoms with Crippen LogP contribution >= 0.6 is 0 Å². The summed E-state index contributed by atoms with van der Waals surface area (Å²) in [4.78, 5) is 0. The molecule has 1 aromatic carbocycles. The predicted octanol–water partition coefficient (Wildman–Crippen LogP) is 3.07. The van der Waals surface area contributed by atoms with E-state index in [1.54, 1.807) is 0 Å². The van der Waals surface area contributed by atoms with E-state index in [0.717, 1.165) is 25.0 Å². The lowest BCUT2D eigenvalue weighted by atomic mass is 10.0. The smallest absolute Gasteiger partial charge is 0.194 e. The Morgan fingerprint density at radius 3 is 2.67 bits per heavy atom. The van der Waals surface area contributed by atoms with Gasteiger partial charge in [0, 0.05) is 12.0 Å². The summed E-state index contributed by atoms with van der Waals surface area (Å²) in [6.45, 7) is 4.99. The monoisotopic (exact) mass is 206 g/mol. The Bertz CT molecular complexity index is 310. The van der Waals surface area contributed by atoms with Crippen LogP contribution in [-0.4, -0.2) is 12.7 Å². The molecule has 2 rings (SSSR count). The minimum atomic E-state index is -0.515. The second-order valence-corrected chi connectivity index (χ2v) is 4.04. The zero-order valence-electron chi connectivity index (χ0n) is 9.40. The van der Waals surface area contributed by atoms with Gasteiger partial charge >= 0.3 is 0 Å². The van der Waals surface area contributed by atoms with Gasteiger partial charge in [0.2, 0.25) is 0 Å². The van der Waals surface area contributed by atoms with Gasteiger partial charge in [-0.25, -0.2) is 0 Å². The first-order valence-corrected chi connectivity index (χ1v) is 5.64. The fraction of sp³-hybridized carbons (Fsp3) is 0.538. The molecule has 0 spiro atoms. The molecule has 1 saturated heterocycles. The van der Waals surface area contributed by atoms with Crippen LogP contribution in [0.2, 0.25) is 0 Å². The zero-order valence-corrected chi connectivity index (χ0v) is 9.40. The normalized spacial score (nSPS) is 31.5. The lowest BCUT2D eigenvalue weighted by Gasteiger charge is -2.40. The van der Waals surface area contributed by atoms with Crippen LogP contribution < -0.4 is 0 Å². The Balaban J connectivity index is 2.28. The molecule has 0 amide bonds. The van der Waals surface area contributed by atoms with Crippen molar-refractivity contribution >= 4 is 0 Å². The van der Waals surface area contributed by atoms with E-state index in [2.05, 4.69) is 26.0 Å². The van der Waals surface area contributed by atoms with Crippen molar-refractivity contribution in [3.8, 4) is 0 Å². The molecular weight excluding hydrogens is 188 g/mol. The molecule has 1 aliphatic heterocycles. The Labute approximate surface area is 91.2 Å². The first-order chi connectivity index (χ1) is 7.27. The van der Waals surface area contributed by atoms with Crippen LogP contribution in [0.15, 0.2) is 30.3 Å². The quantitative estimate of drug-likeness (QED) is 0.740. The van der Waals surface area contributed by atoms with Crippen LogP contribution in [0.4, 0.5) is 0 Å². The van der Waals surface area contributed by atoms with Crippen molar-refractivity contribution in [2.75, 3.05) is 6.61 Å². The molecule has 0 unspecified atom stereocenters. The van der Waals surface area contributed by atoms with E-state index in [9.17, 15) is 0 Å². The number of benzene rings is 1. The molecule has 1 aliphatic rings. The molecule has 0 N–H and O–H groups in total. The molecule has 0 bridgehead atoms. The Hall–Kier alpha value is -0.860. The molecule has 0 aromatic heterocycles. The summed E-state index contributed by atoms with van der Waals surface area (Å²) in [7, 11) is 0. The molecule has 0 saturated carbocycles. The molecule has 0 radical (unpaired) electrons. The SMILES string of the molecule is CC[C@]1(c2ccccc2)OCC[C@H](C)O1. The highest BCUT2D eigenvalue weighted by molar-refractivity contribution is 5.20. The van der Waals surface area contributed by atoms with Crippen LogP contribution in [0.3, 0.4) is 0 Å². The third-order valence-corrected chi connectivity index (χ3v) is 2.93. The third kappa shape index (κ3) is 2.06. The van der Waals surface area contributed by atoms with Crippen LogP contribution in [0.25, 0.3) is 0 Å². The van der Waals surface area contributed by atoms with Gasteiger partial charge in [-0.3, -0.25) is 0 Å². The summed E-state index contributed by atoms with van der Waals surface area (Å²) in [6.07, 6.45) is 2.11. The summed E-state index contributed by atoms with van der Waals surface area (Å²) < 4.78 is 11.8. The third-order valence-electron chi connectivity index (χ3n) is 2.93. The maximum absolute atomic E-state index is 5.99. The molecule has 15 heavy (non-hydrogen) atoms. The van der Waals surface area contributed by atoms with Gasteiger partial charge in [0.05, 0.1) is 12.7 Å². The van der Waals surface area contributed by atoms with Gasteiger partial charge in [0.15, 0.2) is 5.79 Å². The number of hydrogen-bond donors (Lipinski definition) is 0. The average molecular weight is 206 g/mol. The van der Waals surface area contributed by atoms with E-state index >= 15 is 0 Å². The molecular formula is C13H18O2. The van der Waals surface area contributed by atoms with Crippen molar-refractivity contribution in [3.05, 3.63) is 35.9 Å². The van der Waals surface area contributed by atoms with Gasteiger partial charge in [0.25, 0.3) is 0 Å². The molecule has 2 nitrogen and oxygen atoms in total. The van der Waals surface area contributed by atoms with Gasteiger partial charge < -0.3 is 9.47 Å². The van der Waals surface area contributed by atoms with Gasteiger partial charge in [-0.15, -0.1) is 0 Å². The van der Waals surface area contributed by atoms with E-state index in [1.807, 2.05) is 18.2 Å². The molecule has 2 atom stereocenters. The highest BCUT2D eigenvalue weighted by Crippen LogP contribution is 2.35. The zero-order chi connectivity index (χ0) is 10.7. The van der Waals surface area contributed by atoms with Crippen LogP contribution in [0.1, 0.15) is 32.3 Å². The summed E-state index contributed by atoms with van der Waals surface area (Å²) in [5.74, 6) is -0.515. The van der Waals surface area contributed by atoms with Gasteiger partial charge in [0.1, 0.15) is 0 Å². The fourth-order valence-electron chi connectivity index (χ4n) is 2.04. The van der Waals surface area contributed by atoms with Crippen LogP contribution in [0.5, 0.6) is 0 Å². The summed E-state index contributed by atoms with van der Waals surface area (Å²) in [6, 6.07) is 10.2. The highest BCUT2D eigenvalue weighted by atomic mass is 16.7. The maximum Gasteiger partial charge on any atom is 0.194 e. The van der Waals surface area contributed by atoms with Crippen molar-refractivity contribution in [1.82, 2.24) is 0 Å². The Morgan fingerprint density at radius 2 is 2.07 bits per heavy atom. The first-order valence-electron chi connectivity index (χ1n) is 5.64. The van der Waals surface area contributed by atoms with E-state index in [4.69, 9.17) is 9.47 Å². The van der Waals surface area contributed by atoms with Crippen molar-refractivity contribution in [1.29, 1.82) is 0 Å². The molecule has 1 fully saturated rings. The molecule has 1 aromatic rings. The summed E-state index contributed by atoms with van der Waals surface area (Å²) >= 11 is 0. The van der Waals surface area contributed by atoms with Crippen molar-refractivity contribution in [2.45, 2.75) is 38.6 Å². The average Bonchev–Trinajstić information content (AvgIpc) is 2.30. The standard InChI is InChI=1S/C13H18O2/c1-3-13(12-7-5-4-6-8-12)14-10-9-11(2)15-13/h4-8,11H,3,9-10H2,1-2H3/t11-,13-/m0/s1. The lowest BCUT2D eigenvalue weighted by Crippen LogP contribution is -2.40. The van der Waals surface area contributed by atoms with Gasteiger partial charge in [-0.1, -0.05) is 37.3 Å². The molecule has 82 valence electrons. The van der Waals surface area contributed by atoms with Crippen molar-refractivity contribution in [3.63, 3.8) is 0 Å². The minimum absolute atomic E-state index is 0.277. The number of rotatable bonds is 2. The van der Waals surface area contributed by atoms with Crippen molar-refractivity contribution < 1.29 is 9.47 Å². The van der Waals surface area contributed by atoms with Crippen molar-refractivity contribution in [2.24, 2.45) is 0 Å². The first kappa shape index (κ1) is 10.7. The Kier molecular flexibility index (Phi) is 3.08. The maximum atomic E-state index is 5.99. The fourth-order valence-corrected chi connectivity index (χ4v) is 2.04. The lowest BCUT2D eigenvalue weighted by molar-refractivity contribution is -0.300. The topological polar surface area (TPSA) is 18.5 Å². The van der Waals surface area contributed by atoms with E-state index in [0.29, 0.717) is 0 Å². The largest absolute Gasteiger partial charge is 0.346 e. The molecule has 2 heteroatoms. The van der Waals surface area contributed by atoms with Crippen LogP contribution in [-0.2, 0) is 15.3 Å². The summed E-state index contributed by atoms with van der Waals surface area (Å²) in [5, 5.41) is 0. The van der Waals surface area contributed by atoms with Crippen LogP contribution in [0, 0.1) is 0 Å². The second kappa shape index (κ2) is 4.33. The minimum Gasteiger partial charge on any atom is -0.346 e. The predicted molar refractivity (Wildman–Crippen MR) is 59.5 cm³/mol. The highest BCUT2D eigenvalue weighted by Gasteiger charge is 2.37. The van der Waals surface area contributed by atoms with Gasteiger partial charge in [-0.2, -0.15) is 0 Å².